The van der Waals surface area contributed by atoms with Gasteiger partial charge in [-0.1, -0.05) is 27.7 Å². The normalized spacial score (nSPS) is 28.1. The molecule has 1 saturated carbocycles. The number of rotatable bonds is 5. The molecule has 108 valence electrons. The van der Waals surface area contributed by atoms with E-state index in [1.54, 1.807) is 0 Å². The monoisotopic (exact) mass is 263 g/mol. The number of nitriles is 1. The Balaban J connectivity index is 1.98. The third kappa shape index (κ3) is 3.30. The highest BCUT2D eigenvalue weighted by Gasteiger charge is 2.47. The summed E-state index contributed by atoms with van der Waals surface area (Å²) in [4.78, 5) is 2.51. The summed E-state index contributed by atoms with van der Waals surface area (Å²) in [5.41, 5.74) is 0.101. The Labute approximate surface area is 118 Å². The van der Waals surface area contributed by atoms with Gasteiger partial charge in [0.15, 0.2) is 0 Å². The van der Waals surface area contributed by atoms with Crippen LogP contribution in [0.3, 0.4) is 0 Å². The molecule has 2 fully saturated rings. The topological polar surface area (TPSA) is 39.1 Å². The average molecular weight is 263 g/mol. The van der Waals surface area contributed by atoms with E-state index >= 15 is 0 Å². The minimum Gasteiger partial charge on any atom is -0.300 e. The van der Waals surface area contributed by atoms with Gasteiger partial charge < -0.3 is 4.90 Å². The Hall–Kier alpha value is -0.590. The zero-order valence-corrected chi connectivity index (χ0v) is 13.0. The maximum absolute atomic E-state index is 9.66. The van der Waals surface area contributed by atoms with Gasteiger partial charge >= 0.3 is 0 Å². The number of likely N-dealkylation sites (tertiary alicyclic amines) is 1. The fourth-order valence-corrected chi connectivity index (χ4v) is 3.42. The first-order valence-corrected chi connectivity index (χ1v) is 7.80. The quantitative estimate of drug-likeness (QED) is 0.829. The third-order valence-corrected chi connectivity index (χ3v) is 4.94. The number of nitrogens with one attached hydrogen (secondary N) is 1. The minimum absolute atomic E-state index is 0.290. The van der Waals surface area contributed by atoms with E-state index in [9.17, 15) is 5.26 Å². The first-order valence-electron chi connectivity index (χ1n) is 7.80. The second kappa shape index (κ2) is 5.42. The molecular formula is C16H29N3. The van der Waals surface area contributed by atoms with Crippen LogP contribution >= 0.6 is 0 Å². The van der Waals surface area contributed by atoms with Gasteiger partial charge in [0.2, 0.25) is 0 Å². The lowest BCUT2D eigenvalue weighted by molar-refractivity contribution is 0.195. The minimum atomic E-state index is -0.290. The second-order valence-corrected chi connectivity index (χ2v) is 7.47. The Kier molecular flexibility index (Phi) is 4.23. The molecule has 1 heterocycles. The van der Waals surface area contributed by atoms with Crippen molar-refractivity contribution in [2.24, 2.45) is 17.3 Å². The number of hydrogen-bond donors (Lipinski definition) is 1. The highest BCUT2D eigenvalue weighted by atomic mass is 15.2. The lowest BCUT2D eigenvalue weighted by Gasteiger charge is -2.33. The van der Waals surface area contributed by atoms with Crippen LogP contribution in [-0.2, 0) is 0 Å². The predicted octanol–water partition coefficient (Wildman–Crippen LogP) is 2.64. The molecule has 3 heteroatoms. The van der Waals surface area contributed by atoms with Crippen molar-refractivity contribution < 1.29 is 0 Å². The zero-order valence-electron chi connectivity index (χ0n) is 13.0. The standard InChI is InChI=1S/C16H29N3/c1-5-18-16(11-17,13-6-7-13)12-19-9-8-14(10-19)15(2,3)4/h13-14,18H,5-10,12H2,1-4H3. The van der Waals surface area contributed by atoms with Gasteiger partial charge in [-0.3, -0.25) is 5.32 Å². The van der Waals surface area contributed by atoms with Gasteiger partial charge in [-0.05, 0) is 49.6 Å². The molecule has 0 spiro atoms. The second-order valence-electron chi connectivity index (χ2n) is 7.47. The number of hydrogen-bond acceptors (Lipinski definition) is 3. The SMILES string of the molecule is CCNC(C#N)(CN1CCC(C(C)(C)C)C1)C1CC1. The third-order valence-electron chi connectivity index (χ3n) is 4.94. The van der Waals surface area contributed by atoms with Crippen molar-refractivity contribution in [1.82, 2.24) is 10.2 Å². The molecule has 1 saturated heterocycles. The van der Waals surface area contributed by atoms with Crippen LogP contribution in [0.5, 0.6) is 0 Å². The van der Waals surface area contributed by atoms with Crippen molar-refractivity contribution >= 4 is 0 Å². The molecular weight excluding hydrogens is 234 g/mol. The molecule has 1 N–H and O–H groups in total. The summed E-state index contributed by atoms with van der Waals surface area (Å²) in [6, 6.07) is 2.61. The summed E-state index contributed by atoms with van der Waals surface area (Å²) >= 11 is 0. The lowest BCUT2D eigenvalue weighted by atomic mass is 9.80. The average Bonchev–Trinajstić information content (AvgIpc) is 3.08. The van der Waals surface area contributed by atoms with Crippen molar-refractivity contribution in [3.05, 3.63) is 0 Å². The highest BCUT2D eigenvalue weighted by Crippen LogP contribution is 2.41. The predicted molar refractivity (Wildman–Crippen MR) is 78.7 cm³/mol. The Morgan fingerprint density at radius 2 is 1.89 bits per heavy atom. The van der Waals surface area contributed by atoms with Gasteiger partial charge in [-0.15, -0.1) is 0 Å². The van der Waals surface area contributed by atoms with Gasteiger partial charge in [0.05, 0.1) is 6.07 Å². The van der Waals surface area contributed by atoms with Crippen LogP contribution in [0.1, 0.15) is 47.0 Å². The van der Waals surface area contributed by atoms with Crippen LogP contribution in [0, 0.1) is 28.6 Å². The molecule has 0 radical (unpaired) electrons. The van der Waals surface area contributed by atoms with Crippen molar-refractivity contribution in [3.8, 4) is 6.07 Å². The fraction of sp³-hybridized carbons (Fsp3) is 0.938. The van der Waals surface area contributed by atoms with Crippen LogP contribution in [0.2, 0.25) is 0 Å². The van der Waals surface area contributed by atoms with Gasteiger partial charge in [0.1, 0.15) is 5.54 Å². The van der Waals surface area contributed by atoms with Gasteiger partial charge in [-0.2, -0.15) is 5.26 Å². The number of likely N-dealkylation sites (N-methyl/N-ethyl adjacent to an activating group) is 1. The molecule has 0 bridgehead atoms. The molecule has 2 atom stereocenters. The summed E-state index contributed by atoms with van der Waals surface area (Å²) in [5.74, 6) is 1.34. The van der Waals surface area contributed by atoms with E-state index in [0.29, 0.717) is 11.3 Å². The van der Waals surface area contributed by atoms with Crippen molar-refractivity contribution in [2.75, 3.05) is 26.2 Å². The van der Waals surface area contributed by atoms with Crippen molar-refractivity contribution in [3.63, 3.8) is 0 Å². The van der Waals surface area contributed by atoms with E-state index in [0.717, 1.165) is 32.1 Å². The van der Waals surface area contributed by atoms with Crippen LogP contribution in [-0.4, -0.2) is 36.6 Å². The largest absolute Gasteiger partial charge is 0.300 e. The van der Waals surface area contributed by atoms with E-state index in [1.807, 2.05) is 0 Å². The van der Waals surface area contributed by atoms with E-state index in [-0.39, 0.29) is 5.54 Å². The molecule has 0 aromatic heterocycles. The zero-order chi connectivity index (χ0) is 14.1. The Morgan fingerprint density at radius 1 is 1.21 bits per heavy atom. The van der Waals surface area contributed by atoms with Gasteiger partial charge in [0, 0.05) is 13.1 Å². The molecule has 2 aliphatic rings. The van der Waals surface area contributed by atoms with Crippen LogP contribution < -0.4 is 5.32 Å². The molecule has 0 aromatic rings. The van der Waals surface area contributed by atoms with Crippen LogP contribution in [0.25, 0.3) is 0 Å². The molecule has 2 rings (SSSR count). The fourth-order valence-electron chi connectivity index (χ4n) is 3.42. The summed E-state index contributed by atoms with van der Waals surface area (Å²) < 4.78 is 0. The molecule has 1 aliphatic carbocycles. The first-order chi connectivity index (χ1) is 8.91. The van der Waals surface area contributed by atoms with Crippen LogP contribution in [0.4, 0.5) is 0 Å². The summed E-state index contributed by atoms with van der Waals surface area (Å²) in [6.45, 7) is 13.2. The first kappa shape index (κ1) is 14.8. The van der Waals surface area contributed by atoms with Crippen LogP contribution in [0.15, 0.2) is 0 Å². The van der Waals surface area contributed by atoms with Crippen molar-refractivity contribution in [2.45, 2.75) is 52.5 Å². The van der Waals surface area contributed by atoms with E-state index < -0.39 is 0 Å². The summed E-state index contributed by atoms with van der Waals surface area (Å²) in [6.07, 6.45) is 3.72. The molecule has 0 amide bonds. The highest BCUT2D eigenvalue weighted by molar-refractivity contribution is 5.17. The summed E-state index contributed by atoms with van der Waals surface area (Å²) in [5, 5.41) is 13.2. The smallest absolute Gasteiger partial charge is 0.122 e. The Morgan fingerprint density at radius 3 is 2.32 bits per heavy atom. The van der Waals surface area contributed by atoms with Gasteiger partial charge in [0.25, 0.3) is 0 Å². The summed E-state index contributed by atoms with van der Waals surface area (Å²) in [7, 11) is 0. The molecule has 2 unspecified atom stereocenters. The molecule has 1 aliphatic heterocycles. The molecule has 3 nitrogen and oxygen atoms in total. The van der Waals surface area contributed by atoms with Crippen molar-refractivity contribution in [1.29, 1.82) is 5.26 Å². The van der Waals surface area contributed by atoms with E-state index in [2.05, 4.69) is 44.0 Å². The molecule has 19 heavy (non-hydrogen) atoms. The lowest BCUT2D eigenvalue weighted by Crippen LogP contribution is -2.54. The number of nitrogens with zero attached hydrogens (tertiary/aromatic N) is 2. The van der Waals surface area contributed by atoms with E-state index in [4.69, 9.17) is 0 Å². The van der Waals surface area contributed by atoms with E-state index in [1.165, 1.54) is 19.3 Å². The van der Waals surface area contributed by atoms with Gasteiger partial charge in [-0.25, -0.2) is 0 Å². The Bertz CT molecular complexity index is 348. The maximum Gasteiger partial charge on any atom is 0.122 e. The maximum atomic E-state index is 9.66. The molecule has 0 aromatic carbocycles.